The molecule has 3 saturated heterocycles. The topological polar surface area (TPSA) is 72.5 Å². The summed E-state index contributed by atoms with van der Waals surface area (Å²) < 4.78 is 54.4. The molecule has 2 aromatic rings. The molecule has 0 aromatic heterocycles. The van der Waals surface area contributed by atoms with Gasteiger partial charge in [-0.05, 0) is 43.4 Å². The maximum atomic E-state index is 14.9. The molecule has 5 fully saturated rings. The lowest BCUT2D eigenvalue weighted by atomic mass is 9.94. The smallest absolute Gasteiger partial charge is 0.236 e. The van der Waals surface area contributed by atoms with Crippen molar-refractivity contribution < 1.29 is 32.8 Å². The number of rotatable bonds is 6. The third kappa shape index (κ3) is 5.17. The molecule has 210 valence electrons. The van der Waals surface area contributed by atoms with Crippen LogP contribution in [0.25, 0.3) is 0 Å². The summed E-state index contributed by atoms with van der Waals surface area (Å²) in [5.41, 5.74) is 0.964. The number of fused-ring (bicyclic) bond motifs is 1. The second kappa shape index (κ2) is 10.7. The standard InChI is InChI=1S/C31H39O7P/c32-39(24-15-7-2-8-16-24,22-23-13-5-1-6-14-23)38-27-26(25-21-33-30(35-25)17-9-3-10-18-30)34-29-28(27)36-31(37-29)19-11-4-12-20-31/h1-2,5-8,13-16,25-29H,3-4,9-12,17-22H2/t25-,26+,27-,28+,29+,39+/m0/s1. The third-order valence-corrected chi connectivity index (χ3v) is 11.5. The Labute approximate surface area is 230 Å². The number of benzene rings is 2. The van der Waals surface area contributed by atoms with Crippen molar-refractivity contribution in [1.82, 2.24) is 0 Å². The molecule has 0 unspecified atom stereocenters. The molecule has 8 heteroatoms. The first-order valence-corrected chi connectivity index (χ1v) is 16.6. The van der Waals surface area contributed by atoms with Crippen molar-refractivity contribution >= 4 is 12.7 Å². The Bertz CT molecular complexity index is 1160. The van der Waals surface area contributed by atoms with Crippen LogP contribution < -0.4 is 5.30 Å². The molecule has 2 aliphatic carbocycles. The van der Waals surface area contributed by atoms with Gasteiger partial charge in [0.15, 0.2) is 17.9 Å². The number of ether oxygens (including phenoxy) is 5. The van der Waals surface area contributed by atoms with Crippen molar-refractivity contribution in [2.45, 2.75) is 113 Å². The van der Waals surface area contributed by atoms with Gasteiger partial charge in [-0.2, -0.15) is 0 Å². The van der Waals surface area contributed by atoms with Gasteiger partial charge in [0.25, 0.3) is 0 Å². The van der Waals surface area contributed by atoms with Crippen molar-refractivity contribution in [3.8, 4) is 0 Å². The quantitative estimate of drug-likeness (QED) is 0.403. The van der Waals surface area contributed by atoms with Crippen molar-refractivity contribution in [2.24, 2.45) is 0 Å². The van der Waals surface area contributed by atoms with E-state index in [0.29, 0.717) is 11.9 Å². The van der Waals surface area contributed by atoms with Crippen LogP contribution in [0.1, 0.15) is 69.8 Å². The summed E-state index contributed by atoms with van der Waals surface area (Å²) in [5, 5.41) is 0.690. The first-order chi connectivity index (χ1) is 19.1. The zero-order chi connectivity index (χ0) is 26.3. The third-order valence-electron chi connectivity index (χ3n) is 9.04. The maximum absolute atomic E-state index is 14.9. The van der Waals surface area contributed by atoms with Crippen LogP contribution >= 0.6 is 7.37 Å². The lowest BCUT2D eigenvalue weighted by Gasteiger charge is -2.36. The van der Waals surface area contributed by atoms with Crippen molar-refractivity contribution in [3.63, 3.8) is 0 Å². The average molecular weight is 555 g/mol. The highest BCUT2D eigenvalue weighted by molar-refractivity contribution is 7.66. The molecule has 2 spiro atoms. The first-order valence-electron chi connectivity index (χ1n) is 14.8. The molecule has 39 heavy (non-hydrogen) atoms. The summed E-state index contributed by atoms with van der Waals surface area (Å²) in [6, 6.07) is 19.4. The van der Waals surface area contributed by atoms with E-state index in [0.717, 1.165) is 56.9 Å². The van der Waals surface area contributed by atoms with Gasteiger partial charge in [-0.15, -0.1) is 0 Å². The Hall–Kier alpha value is -1.57. The van der Waals surface area contributed by atoms with Gasteiger partial charge in [0.2, 0.25) is 7.37 Å². The molecule has 5 aliphatic rings. The van der Waals surface area contributed by atoms with Gasteiger partial charge in [-0.1, -0.05) is 61.4 Å². The predicted octanol–water partition coefficient (Wildman–Crippen LogP) is 6.05. The van der Waals surface area contributed by atoms with Crippen LogP contribution in [0.4, 0.5) is 0 Å². The van der Waals surface area contributed by atoms with Crippen molar-refractivity contribution in [3.05, 3.63) is 66.2 Å². The molecule has 6 atom stereocenters. The fourth-order valence-corrected chi connectivity index (χ4v) is 9.39. The van der Waals surface area contributed by atoms with Crippen LogP contribution in [0.2, 0.25) is 0 Å². The molecule has 7 nitrogen and oxygen atoms in total. The lowest BCUT2D eigenvalue weighted by Crippen LogP contribution is -2.46. The minimum Gasteiger partial charge on any atom is -0.347 e. The molecule has 0 amide bonds. The Balaban J connectivity index is 1.20. The van der Waals surface area contributed by atoms with E-state index in [1.165, 1.54) is 12.8 Å². The van der Waals surface area contributed by atoms with Gasteiger partial charge >= 0.3 is 0 Å². The van der Waals surface area contributed by atoms with Crippen LogP contribution in [0.15, 0.2) is 60.7 Å². The molecule has 7 rings (SSSR count). The first kappa shape index (κ1) is 26.3. The monoisotopic (exact) mass is 554 g/mol. The summed E-state index contributed by atoms with van der Waals surface area (Å²) in [4.78, 5) is 0. The highest BCUT2D eigenvalue weighted by atomic mass is 31.2. The van der Waals surface area contributed by atoms with Crippen LogP contribution in [0.5, 0.6) is 0 Å². The van der Waals surface area contributed by atoms with Gasteiger partial charge in [0.05, 0.1) is 12.8 Å². The van der Waals surface area contributed by atoms with Gasteiger partial charge in [-0.3, -0.25) is 4.57 Å². The second-order valence-corrected chi connectivity index (χ2v) is 14.2. The summed E-state index contributed by atoms with van der Waals surface area (Å²) in [5.74, 6) is -1.19. The Kier molecular flexibility index (Phi) is 7.21. The van der Waals surface area contributed by atoms with E-state index in [2.05, 4.69) is 0 Å². The second-order valence-electron chi connectivity index (χ2n) is 11.8. The molecule has 2 aromatic carbocycles. The van der Waals surface area contributed by atoms with Crippen LogP contribution in [-0.2, 0) is 38.9 Å². The van der Waals surface area contributed by atoms with Gasteiger partial charge in [-0.25, -0.2) is 0 Å². The molecular weight excluding hydrogens is 515 g/mol. The molecule has 2 saturated carbocycles. The lowest BCUT2D eigenvalue weighted by molar-refractivity contribution is -0.258. The fraction of sp³-hybridized carbons (Fsp3) is 0.613. The van der Waals surface area contributed by atoms with E-state index in [1.54, 1.807) is 0 Å². The summed E-state index contributed by atoms with van der Waals surface area (Å²) in [6.07, 6.45) is 7.94. The molecule has 0 radical (unpaired) electrons. The molecule has 3 heterocycles. The molecule has 0 N–H and O–H groups in total. The molecule has 0 bridgehead atoms. The summed E-state index contributed by atoms with van der Waals surface area (Å²) >= 11 is 0. The van der Waals surface area contributed by atoms with E-state index in [9.17, 15) is 4.57 Å². The fourth-order valence-electron chi connectivity index (χ4n) is 7.06. The number of hydrogen-bond donors (Lipinski definition) is 0. The largest absolute Gasteiger partial charge is 0.347 e. The summed E-state index contributed by atoms with van der Waals surface area (Å²) in [6.45, 7) is 0.420. The van der Waals surface area contributed by atoms with E-state index in [-0.39, 0.29) is 12.3 Å². The van der Waals surface area contributed by atoms with Gasteiger partial charge < -0.3 is 28.2 Å². The Morgan fingerprint density at radius 2 is 1.38 bits per heavy atom. The van der Waals surface area contributed by atoms with Crippen LogP contribution in [-0.4, -0.2) is 48.9 Å². The van der Waals surface area contributed by atoms with Gasteiger partial charge in [0.1, 0.15) is 24.4 Å². The Morgan fingerprint density at radius 3 is 2.08 bits per heavy atom. The van der Waals surface area contributed by atoms with E-state index in [1.807, 2.05) is 60.7 Å². The normalized spacial score (nSPS) is 34.7. The van der Waals surface area contributed by atoms with E-state index < -0.39 is 43.5 Å². The molecule has 3 aliphatic heterocycles. The van der Waals surface area contributed by atoms with E-state index in [4.69, 9.17) is 28.2 Å². The van der Waals surface area contributed by atoms with Crippen LogP contribution in [0.3, 0.4) is 0 Å². The number of hydrogen-bond acceptors (Lipinski definition) is 7. The van der Waals surface area contributed by atoms with Crippen LogP contribution in [0, 0.1) is 0 Å². The maximum Gasteiger partial charge on any atom is 0.236 e. The predicted molar refractivity (Wildman–Crippen MR) is 146 cm³/mol. The highest BCUT2D eigenvalue weighted by Gasteiger charge is 2.62. The molecular formula is C31H39O7P. The average Bonchev–Trinajstić information content (AvgIpc) is 3.62. The highest BCUT2D eigenvalue weighted by Crippen LogP contribution is 2.56. The zero-order valence-corrected chi connectivity index (χ0v) is 23.3. The summed E-state index contributed by atoms with van der Waals surface area (Å²) in [7, 11) is -3.37. The van der Waals surface area contributed by atoms with Crippen molar-refractivity contribution in [1.29, 1.82) is 0 Å². The zero-order valence-electron chi connectivity index (χ0n) is 22.5. The minimum atomic E-state index is -3.37. The SMILES string of the molecule is O=[P@](Cc1ccccc1)(O[C@@H]1[C@H]2OC3(CCCCC3)O[C@H]2O[C@@H]1[C@@H]1COC2(CCCCC2)O1)c1ccccc1. The van der Waals surface area contributed by atoms with Crippen molar-refractivity contribution in [2.75, 3.05) is 6.61 Å². The minimum absolute atomic E-state index is 0.288. The van der Waals surface area contributed by atoms with E-state index >= 15 is 0 Å². The van der Waals surface area contributed by atoms with Gasteiger partial charge in [0, 0.05) is 31.0 Å². The Morgan fingerprint density at radius 1 is 0.744 bits per heavy atom.